The smallest absolute Gasteiger partial charge is 0.150 e. The highest BCUT2D eigenvalue weighted by molar-refractivity contribution is 5.86. The number of carbonyl (C=O) groups is 2. The molecule has 0 amide bonds. The molecule has 2 rings (SSSR count). The maximum absolute atomic E-state index is 10.7. The summed E-state index contributed by atoms with van der Waals surface area (Å²) in [6, 6.07) is 14.8. The summed E-state index contributed by atoms with van der Waals surface area (Å²) in [7, 11) is 0. The first kappa shape index (κ1) is 19.7. The van der Waals surface area contributed by atoms with E-state index in [-0.39, 0.29) is 19.8 Å². The fourth-order valence-electron chi connectivity index (χ4n) is 1.76. The summed E-state index contributed by atoms with van der Waals surface area (Å²) in [5.41, 5.74) is 2.20. The van der Waals surface area contributed by atoms with Crippen molar-refractivity contribution in [2.75, 3.05) is 19.8 Å². The van der Waals surface area contributed by atoms with Crippen LogP contribution in [0.4, 0.5) is 0 Å². The summed E-state index contributed by atoms with van der Waals surface area (Å²) in [4.78, 5) is 21.5. The van der Waals surface area contributed by atoms with E-state index >= 15 is 0 Å². The van der Waals surface area contributed by atoms with Crippen LogP contribution < -0.4 is 0 Å². The number of carbonyl (C=O) groups excluding carboxylic acids is 2. The average Bonchev–Trinajstić information content (AvgIpc) is 2.68. The number of aldehydes is 2. The van der Waals surface area contributed by atoms with E-state index in [2.05, 4.69) is 0 Å². The Morgan fingerprint density at radius 3 is 1.58 bits per heavy atom. The van der Waals surface area contributed by atoms with Gasteiger partial charge in [0.05, 0.1) is 19.8 Å². The largest absolute Gasteiger partial charge is 0.396 e. The highest BCUT2D eigenvalue weighted by Crippen LogP contribution is 2.21. The van der Waals surface area contributed by atoms with Crippen LogP contribution in [-0.2, 0) is 0 Å². The molecule has 0 aliphatic carbocycles. The van der Waals surface area contributed by atoms with E-state index in [1.165, 1.54) is 0 Å². The third-order valence-electron chi connectivity index (χ3n) is 3.50. The molecule has 0 radical (unpaired) electrons. The monoisotopic (exact) mass is 330 g/mol. The molecule has 0 spiro atoms. The molecule has 0 aliphatic rings. The predicted octanol–water partition coefficient (Wildman–Crippen LogP) is 1.95. The first-order valence-electron chi connectivity index (χ1n) is 7.45. The molecule has 0 aliphatic heterocycles. The van der Waals surface area contributed by atoms with Crippen molar-refractivity contribution in [3.63, 3.8) is 0 Å². The Bertz CT molecular complexity index is 614. The van der Waals surface area contributed by atoms with Crippen LogP contribution in [0.3, 0.4) is 0 Å². The Morgan fingerprint density at radius 1 is 0.792 bits per heavy atom. The molecular weight excluding hydrogens is 308 g/mol. The summed E-state index contributed by atoms with van der Waals surface area (Å²) >= 11 is 0. The van der Waals surface area contributed by atoms with Gasteiger partial charge in [-0.25, -0.2) is 0 Å². The lowest BCUT2D eigenvalue weighted by atomic mass is 9.95. The fraction of sp³-hybridized carbons (Fsp3) is 0.263. The van der Waals surface area contributed by atoms with Gasteiger partial charge in [0.15, 0.2) is 0 Å². The fourth-order valence-corrected chi connectivity index (χ4v) is 1.76. The van der Waals surface area contributed by atoms with Crippen molar-refractivity contribution in [3.8, 4) is 11.1 Å². The van der Waals surface area contributed by atoms with Crippen molar-refractivity contribution < 1.29 is 24.9 Å². The number of benzene rings is 2. The topological polar surface area (TPSA) is 94.8 Å². The summed E-state index contributed by atoms with van der Waals surface area (Å²) in [6.45, 7) is 1.06. The van der Waals surface area contributed by atoms with Gasteiger partial charge in [-0.1, -0.05) is 37.3 Å². The Hall–Kier alpha value is -2.34. The Labute approximate surface area is 141 Å². The van der Waals surface area contributed by atoms with E-state index in [4.69, 9.17) is 15.3 Å². The number of aliphatic hydroxyl groups is 3. The van der Waals surface area contributed by atoms with Crippen molar-refractivity contribution >= 4 is 12.6 Å². The van der Waals surface area contributed by atoms with E-state index in [1.54, 1.807) is 25.1 Å². The lowest BCUT2D eigenvalue weighted by molar-refractivity contribution is 0.0200. The second-order valence-electron chi connectivity index (χ2n) is 5.78. The molecule has 0 heterocycles. The number of hydrogen-bond donors (Lipinski definition) is 3. The van der Waals surface area contributed by atoms with Crippen molar-refractivity contribution in [2.24, 2.45) is 5.41 Å². The van der Waals surface area contributed by atoms with E-state index in [9.17, 15) is 9.59 Å². The van der Waals surface area contributed by atoms with Crippen LogP contribution in [0.15, 0.2) is 48.5 Å². The number of aliphatic hydroxyl groups excluding tert-OH is 3. The normalized spacial score (nSPS) is 10.5. The Morgan fingerprint density at radius 2 is 1.25 bits per heavy atom. The molecule has 0 bridgehead atoms. The van der Waals surface area contributed by atoms with Crippen LogP contribution in [0.5, 0.6) is 0 Å². The van der Waals surface area contributed by atoms with Gasteiger partial charge in [0.25, 0.3) is 0 Å². The lowest BCUT2D eigenvalue weighted by Gasteiger charge is -2.20. The summed E-state index contributed by atoms with van der Waals surface area (Å²) in [5.74, 6) is 0. The third-order valence-corrected chi connectivity index (χ3v) is 3.50. The van der Waals surface area contributed by atoms with Crippen LogP contribution in [0.1, 0.15) is 27.6 Å². The minimum Gasteiger partial charge on any atom is -0.396 e. The zero-order valence-electron chi connectivity index (χ0n) is 13.6. The minimum atomic E-state index is -0.708. The Balaban J connectivity index is 0.000000307. The second kappa shape index (κ2) is 9.72. The van der Waals surface area contributed by atoms with Gasteiger partial charge in [-0.3, -0.25) is 9.59 Å². The lowest BCUT2D eigenvalue weighted by Crippen LogP contribution is -2.29. The Kier molecular flexibility index (Phi) is 7.98. The molecule has 0 fully saturated rings. The van der Waals surface area contributed by atoms with E-state index < -0.39 is 5.41 Å². The molecule has 24 heavy (non-hydrogen) atoms. The highest BCUT2D eigenvalue weighted by Gasteiger charge is 2.20. The molecule has 5 nitrogen and oxygen atoms in total. The predicted molar refractivity (Wildman–Crippen MR) is 92.0 cm³/mol. The maximum atomic E-state index is 10.7. The SMILES string of the molecule is CC(CO)(CO)CO.O=Cc1cc(C=O)cc(-c2ccccc2)c1. The van der Waals surface area contributed by atoms with Crippen LogP contribution in [0, 0.1) is 5.41 Å². The van der Waals surface area contributed by atoms with Crippen molar-refractivity contribution in [3.05, 3.63) is 59.7 Å². The van der Waals surface area contributed by atoms with Gasteiger partial charge < -0.3 is 15.3 Å². The van der Waals surface area contributed by atoms with E-state index in [0.29, 0.717) is 11.1 Å². The first-order valence-corrected chi connectivity index (χ1v) is 7.45. The molecule has 0 saturated carbocycles. The van der Waals surface area contributed by atoms with Gasteiger partial charge in [0.2, 0.25) is 0 Å². The molecule has 128 valence electrons. The second-order valence-corrected chi connectivity index (χ2v) is 5.78. The van der Waals surface area contributed by atoms with Crippen LogP contribution in [0.25, 0.3) is 11.1 Å². The molecule has 2 aromatic carbocycles. The van der Waals surface area contributed by atoms with E-state index in [1.807, 2.05) is 30.3 Å². The van der Waals surface area contributed by atoms with Crippen LogP contribution in [0.2, 0.25) is 0 Å². The zero-order chi connectivity index (χ0) is 18.0. The molecular formula is C19H22O5. The van der Waals surface area contributed by atoms with E-state index in [0.717, 1.165) is 23.7 Å². The summed E-state index contributed by atoms with van der Waals surface area (Å²) in [5, 5.41) is 25.4. The van der Waals surface area contributed by atoms with Gasteiger partial charge in [-0.2, -0.15) is 0 Å². The summed E-state index contributed by atoms with van der Waals surface area (Å²) in [6.07, 6.45) is 1.50. The minimum absolute atomic E-state index is 0.181. The summed E-state index contributed by atoms with van der Waals surface area (Å²) < 4.78 is 0. The highest BCUT2D eigenvalue weighted by atomic mass is 16.3. The molecule has 0 aromatic heterocycles. The number of hydrogen-bond acceptors (Lipinski definition) is 5. The molecule has 2 aromatic rings. The molecule has 0 unspecified atom stereocenters. The van der Waals surface area contributed by atoms with Gasteiger partial charge >= 0.3 is 0 Å². The van der Waals surface area contributed by atoms with Crippen molar-refractivity contribution in [1.29, 1.82) is 0 Å². The van der Waals surface area contributed by atoms with Gasteiger partial charge in [-0.15, -0.1) is 0 Å². The van der Waals surface area contributed by atoms with Gasteiger partial charge in [-0.05, 0) is 29.3 Å². The number of rotatable bonds is 6. The quantitative estimate of drug-likeness (QED) is 0.704. The van der Waals surface area contributed by atoms with Gasteiger partial charge in [0.1, 0.15) is 12.6 Å². The molecule has 3 N–H and O–H groups in total. The first-order chi connectivity index (χ1) is 11.5. The van der Waals surface area contributed by atoms with Crippen molar-refractivity contribution in [2.45, 2.75) is 6.92 Å². The standard InChI is InChI=1S/C14H10O2.C5H12O3/c15-9-11-6-12(10-16)8-14(7-11)13-4-2-1-3-5-13;1-5(2-6,3-7)4-8/h1-10H;6-8H,2-4H2,1H3. The van der Waals surface area contributed by atoms with Gasteiger partial charge in [0, 0.05) is 16.5 Å². The average molecular weight is 330 g/mol. The molecule has 0 saturated heterocycles. The van der Waals surface area contributed by atoms with Crippen molar-refractivity contribution in [1.82, 2.24) is 0 Å². The maximum Gasteiger partial charge on any atom is 0.150 e. The van der Waals surface area contributed by atoms with Crippen LogP contribution in [-0.4, -0.2) is 47.7 Å². The molecule has 5 heteroatoms. The van der Waals surface area contributed by atoms with Crippen LogP contribution >= 0.6 is 0 Å². The third kappa shape index (κ3) is 5.70. The zero-order valence-corrected chi connectivity index (χ0v) is 13.6. The molecule has 0 atom stereocenters.